The molecule has 2 fully saturated rings. The molecule has 0 radical (unpaired) electrons. The Balaban J connectivity index is 1.85. The van der Waals surface area contributed by atoms with Crippen molar-refractivity contribution in [1.29, 1.82) is 0 Å². The maximum atomic E-state index is 11.5. The summed E-state index contributed by atoms with van der Waals surface area (Å²) in [5.41, 5.74) is 1.26. The van der Waals surface area contributed by atoms with Crippen LogP contribution in [-0.4, -0.2) is 61.9 Å². The molecule has 3 heterocycles. The fourth-order valence-electron chi connectivity index (χ4n) is 3.64. The molecule has 3 N–H and O–H groups in total. The second kappa shape index (κ2) is 5.34. The van der Waals surface area contributed by atoms with E-state index in [1.54, 1.807) is 0 Å². The minimum Gasteiger partial charge on any atom is -0.465 e. The number of hydrogen-bond donors (Lipinski definition) is 3. The lowest BCUT2D eigenvalue weighted by Gasteiger charge is -2.43. The molecule has 9 heteroatoms. The van der Waals surface area contributed by atoms with Gasteiger partial charge in [-0.15, -0.1) is 0 Å². The summed E-state index contributed by atoms with van der Waals surface area (Å²) in [4.78, 5) is 34.7. The van der Waals surface area contributed by atoms with E-state index in [0.717, 1.165) is 6.42 Å². The molecule has 2 amide bonds. The van der Waals surface area contributed by atoms with Crippen molar-refractivity contribution in [2.75, 3.05) is 18.0 Å². The number of carbonyl (C=O) groups is 2. The summed E-state index contributed by atoms with van der Waals surface area (Å²) in [7, 11) is 0. The van der Waals surface area contributed by atoms with Crippen molar-refractivity contribution in [3.8, 4) is 0 Å². The zero-order chi connectivity index (χ0) is 16.8. The second-order valence-electron chi connectivity index (χ2n) is 6.35. The predicted octanol–water partition coefficient (Wildman–Crippen LogP) is 0.563. The van der Waals surface area contributed by atoms with Crippen molar-refractivity contribution >= 4 is 17.9 Å². The Morgan fingerprint density at radius 1 is 1.39 bits per heavy atom. The maximum Gasteiger partial charge on any atom is 0.407 e. The Morgan fingerprint density at radius 3 is 2.57 bits per heavy atom. The number of aromatic nitrogens is 2. The highest BCUT2D eigenvalue weighted by Crippen LogP contribution is 2.45. The minimum atomic E-state index is -0.892. The molecule has 1 aromatic heterocycles. The topological polar surface area (TPSA) is 119 Å². The minimum absolute atomic E-state index is 0.0334. The molecule has 124 valence electrons. The lowest BCUT2D eigenvalue weighted by Crippen LogP contribution is -2.58. The molecule has 0 unspecified atom stereocenters. The summed E-state index contributed by atoms with van der Waals surface area (Å²) in [6.45, 7) is 5.01. The number of hydroxylamine groups is 1. The van der Waals surface area contributed by atoms with E-state index >= 15 is 0 Å². The van der Waals surface area contributed by atoms with Crippen LogP contribution >= 0.6 is 0 Å². The monoisotopic (exact) mass is 321 g/mol. The first-order chi connectivity index (χ1) is 10.9. The van der Waals surface area contributed by atoms with Crippen molar-refractivity contribution in [2.24, 2.45) is 5.92 Å². The first-order valence-corrected chi connectivity index (χ1v) is 7.42. The SMILES string of the molecule is CC(C)[C@]12C[C@@H](CN1C(=O)O)N(c1ncc(C(=O)NO)cn1)C2. The largest absolute Gasteiger partial charge is 0.465 e. The van der Waals surface area contributed by atoms with Gasteiger partial charge in [0.2, 0.25) is 5.95 Å². The number of carbonyl (C=O) groups excluding carboxylic acids is 1. The van der Waals surface area contributed by atoms with Crippen LogP contribution in [0, 0.1) is 5.92 Å². The highest BCUT2D eigenvalue weighted by Gasteiger charge is 2.58. The molecule has 1 aromatic rings. The molecule has 0 saturated carbocycles. The second-order valence-corrected chi connectivity index (χ2v) is 6.35. The average molecular weight is 321 g/mol. The quantitative estimate of drug-likeness (QED) is 0.550. The van der Waals surface area contributed by atoms with Crippen LogP contribution in [0.4, 0.5) is 10.7 Å². The van der Waals surface area contributed by atoms with Crippen LogP contribution in [0.5, 0.6) is 0 Å². The Morgan fingerprint density at radius 2 is 2.04 bits per heavy atom. The van der Waals surface area contributed by atoms with Gasteiger partial charge in [0.05, 0.1) is 17.1 Å². The Hall–Kier alpha value is -2.42. The zero-order valence-electron chi connectivity index (χ0n) is 12.9. The first kappa shape index (κ1) is 15.5. The lowest BCUT2D eigenvalue weighted by atomic mass is 9.85. The Bertz CT molecular complexity index is 635. The van der Waals surface area contributed by atoms with Gasteiger partial charge in [0, 0.05) is 25.5 Å². The van der Waals surface area contributed by atoms with E-state index in [1.165, 1.54) is 22.8 Å². The standard InChI is InChI=1S/C14H19N5O4/c1-8(2)14-3-10(6-19(14)13(21)22)18(7-14)12-15-4-9(5-16-12)11(20)17-23/h4-5,8,10,23H,3,6-7H2,1-2H3,(H,17,20)(H,21,22)/t10-,14+/m0/s1. The molecule has 0 spiro atoms. The van der Waals surface area contributed by atoms with Crippen LogP contribution in [0.2, 0.25) is 0 Å². The van der Waals surface area contributed by atoms with E-state index in [2.05, 4.69) is 9.97 Å². The fraction of sp³-hybridized carbons (Fsp3) is 0.571. The van der Waals surface area contributed by atoms with Crippen molar-refractivity contribution < 1.29 is 19.9 Å². The van der Waals surface area contributed by atoms with E-state index in [4.69, 9.17) is 5.21 Å². The van der Waals surface area contributed by atoms with Crippen molar-refractivity contribution in [3.63, 3.8) is 0 Å². The van der Waals surface area contributed by atoms with Crippen LogP contribution in [0.1, 0.15) is 30.6 Å². The molecule has 2 bridgehead atoms. The highest BCUT2D eigenvalue weighted by atomic mass is 16.5. The number of anilines is 1. The summed E-state index contributed by atoms with van der Waals surface area (Å²) >= 11 is 0. The van der Waals surface area contributed by atoms with Gasteiger partial charge in [-0.1, -0.05) is 13.8 Å². The van der Waals surface area contributed by atoms with Gasteiger partial charge in [0.15, 0.2) is 0 Å². The van der Waals surface area contributed by atoms with Gasteiger partial charge < -0.3 is 10.0 Å². The van der Waals surface area contributed by atoms with Gasteiger partial charge in [0.1, 0.15) is 0 Å². The van der Waals surface area contributed by atoms with Crippen molar-refractivity contribution in [1.82, 2.24) is 20.3 Å². The van der Waals surface area contributed by atoms with Gasteiger partial charge in [0.25, 0.3) is 5.91 Å². The summed E-state index contributed by atoms with van der Waals surface area (Å²) in [6.07, 6.45) is 2.55. The van der Waals surface area contributed by atoms with E-state index in [-0.39, 0.29) is 17.5 Å². The maximum absolute atomic E-state index is 11.5. The van der Waals surface area contributed by atoms with Crippen LogP contribution < -0.4 is 10.4 Å². The highest BCUT2D eigenvalue weighted by molar-refractivity contribution is 5.92. The smallest absolute Gasteiger partial charge is 0.407 e. The predicted molar refractivity (Wildman–Crippen MR) is 79.3 cm³/mol. The Labute approximate surface area is 132 Å². The summed E-state index contributed by atoms with van der Waals surface area (Å²) in [5.74, 6) is -0.0275. The first-order valence-electron chi connectivity index (χ1n) is 7.42. The van der Waals surface area contributed by atoms with Crippen LogP contribution in [0.15, 0.2) is 12.4 Å². The number of hydrogen-bond acceptors (Lipinski definition) is 6. The molecular weight excluding hydrogens is 302 g/mol. The van der Waals surface area contributed by atoms with Crippen LogP contribution in [0.25, 0.3) is 0 Å². The van der Waals surface area contributed by atoms with Gasteiger partial charge in [-0.05, 0) is 12.3 Å². The third-order valence-corrected chi connectivity index (χ3v) is 4.97. The molecule has 2 atom stereocenters. The van der Waals surface area contributed by atoms with Gasteiger partial charge in [-0.3, -0.25) is 14.9 Å². The van der Waals surface area contributed by atoms with E-state index in [9.17, 15) is 14.7 Å². The number of fused-ring (bicyclic) bond motifs is 2. The molecule has 0 aliphatic carbocycles. The van der Waals surface area contributed by atoms with Crippen LogP contribution in [-0.2, 0) is 0 Å². The number of nitrogens with one attached hydrogen (secondary N) is 1. The number of nitrogens with zero attached hydrogens (tertiary/aromatic N) is 4. The molecule has 9 nitrogen and oxygen atoms in total. The van der Waals surface area contributed by atoms with Crippen LogP contribution in [0.3, 0.4) is 0 Å². The molecule has 2 aliphatic heterocycles. The number of rotatable bonds is 3. The molecule has 23 heavy (non-hydrogen) atoms. The van der Waals surface area contributed by atoms with Gasteiger partial charge in [-0.25, -0.2) is 20.2 Å². The Kier molecular flexibility index (Phi) is 3.59. The number of amides is 2. The van der Waals surface area contributed by atoms with Crippen molar-refractivity contribution in [2.45, 2.75) is 31.8 Å². The summed E-state index contributed by atoms with van der Waals surface area (Å²) in [5, 5.41) is 18.0. The van der Waals surface area contributed by atoms with E-state index in [1.807, 2.05) is 18.7 Å². The average Bonchev–Trinajstić information content (AvgIpc) is 3.11. The zero-order valence-corrected chi connectivity index (χ0v) is 12.9. The number of carboxylic acid groups (broad SMARTS) is 1. The van der Waals surface area contributed by atoms with Crippen molar-refractivity contribution in [3.05, 3.63) is 18.0 Å². The van der Waals surface area contributed by atoms with E-state index < -0.39 is 17.5 Å². The number of piperazine rings is 1. The summed E-state index contributed by atoms with van der Waals surface area (Å²) < 4.78 is 0. The summed E-state index contributed by atoms with van der Waals surface area (Å²) in [6, 6.07) is 0.0334. The third-order valence-electron chi connectivity index (χ3n) is 4.97. The molecule has 2 saturated heterocycles. The normalized spacial score (nSPS) is 26.0. The lowest BCUT2D eigenvalue weighted by molar-refractivity contribution is 0.0704. The molecular formula is C14H19N5O4. The van der Waals surface area contributed by atoms with E-state index in [0.29, 0.717) is 19.0 Å². The molecule has 2 aliphatic rings. The number of likely N-dealkylation sites (tertiary alicyclic amines) is 1. The fourth-order valence-corrected chi connectivity index (χ4v) is 3.64. The van der Waals surface area contributed by atoms with Gasteiger partial charge in [-0.2, -0.15) is 0 Å². The third kappa shape index (κ3) is 2.27. The molecule has 3 rings (SSSR count). The molecule has 0 aromatic carbocycles. The van der Waals surface area contributed by atoms with Gasteiger partial charge >= 0.3 is 6.09 Å².